The van der Waals surface area contributed by atoms with E-state index >= 15 is 0 Å². The molecule has 1 aliphatic carbocycles. The molecule has 0 spiro atoms. The quantitative estimate of drug-likeness (QED) is 0.142. The summed E-state index contributed by atoms with van der Waals surface area (Å²) in [4.78, 5) is 20.5. The lowest BCUT2D eigenvalue weighted by Crippen LogP contribution is -2.18. The Morgan fingerprint density at radius 3 is 2.36 bits per heavy atom. The molecule has 0 fully saturated rings. The molecule has 1 unspecified atom stereocenters. The topological polar surface area (TPSA) is 121 Å². The lowest BCUT2D eigenvalue weighted by atomic mass is 10.1. The maximum atomic E-state index is 13.1. The van der Waals surface area contributed by atoms with E-state index in [1.54, 1.807) is 50.9 Å². The van der Waals surface area contributed by atoms with Gasteiger partial charge in [0.2, 0.25) is 5.95 Å². The largest absolute Gasteiger partial charge is 0.387 e. The molecule has 16 heteroatoms. The second-order valence-corrected chi connectivity index (χ2v) is 9.74. The Morgan fingerprint density at radius 2 is 1.86 bits per heavy atom. The number of halogens is 5. The Hall–Kier alpha value is -4.66. The van der Waals surface area contributed by atoms with E-state index in [-0.39, 0.29) is 18.5 Å². The number of fused-ring (bicyclic) bond motifs is 3. The van der Waals surface area contributed by atoms with E-state index in [4.69, 9.17) is 11.6 Å². The van der Waals surface area contributed by atoms with Crippen LogP contribution < -0.4 is 5.32 Å². The number of pyridine rings is 1. The molecule has 5 heterocycles. The molecule has 6 rings (SSSR count). The maximum absolute atomic E-state index is 13.1. The molecule has 5 aromatic rings. The lowest BCUT2D eigenvalue weighted by molar-refractivity contribution is -0.109. The van der Waals surface area contributed by atoms with Crippen molar-refractivity contribution in [2.75, 3.05) is 19.0 Å². The van der Waals surface area contributed by atoms with Gasteiger partial charge < -0.3 is 10.1 Å². The van der Waals surface area contributed by atoms with E-state index in [1.165, 1.54) is 39.9 Å². The highest BCUT2D eigenvalue weighted by molar-refractivity contribution is 6.32. The summed E-state index contributed by atoms with van der Waals surface area (Å²) in [6.07, 6.45) is 13.8. The summed E-state index contributed by atoms with van der Waals surface area (Å²) < 4.78 is 50.5. The second kappa shape index (κ2) is 15.7. The third-order valence-corrected chi connectivity index (χ3v) is 6.39. The molecule has 234 valence electrons. The van der Waals surface area contributed by atoms with Crippen LogP contribution in [0.2, 0.25) is 5.02 Å². The monoisotopic (exact) mass is 634 g/mol. The number of rotatable bonds is 5. The molecule has 0 aromatic carbocycles. The van der Waals surface area contributed by atoms with Crippen LogP contribution in [0.3, 0.4) is 0 Å². The van der Waals surface area contributed by atoms with Crippen LogP contribution >= 0.6 is 11.6 Å². The summed E-state index contributed by atoms with van der Waals surface area (Å²) in [5.74, 6) is 0.0579. The molecule has 1 aliphatic rings. The van der Waals surface area contributed by atoms with Crippen molar-refractivity contribution >= 4 is 29.2 Å². The van der Waals surface area contributed by atoms with E-state index in [1.807, 2.05) is 6.92 Å². The zero-order valence-electron chi connectivity index (χ0n) is 24.3. The van der Waals surface area contributed by atoms with Gasteiger partial charge in [-0.1, -0.05) is 30.7 Å². The fraction of sp³-hybridized carbons (Fsp3) is 0.321. The van der Waals surface area contributed by atoms with E-state index in [9.17, 15) is 22.4 Å². The number of alkyl halides is 3. The summed E-state index contributed by atoms with van der Waals surface area (Å²) in [7, 11) is 1.80. The molecule has 0 aliphatic heterocycles. The normalized spacial score (nSPS) is 15.4. The van der Waals surface area contributed by atoms with E-state index in [0.29, 0.717) is 21.2 Å². The highest BCUT2D eigenvalue weighted by Gasteiger charge is 2.31. The van der Waals surface area contributed by atoms with Crippen molar-refractivity contribution < 1.29 is 22.4 Å². The Kier molecular flexibility index (Phi) is 12.1. The number of anilines is 1. The van der Waals surface area contributed by atoms with Crippen LogP contribution in [0.1, 0.15) is 50.3 Å². The maximum Gasteiger partial charge on any atom is 0.340 e. The standard InChI is InChI=1S/C11H10FN3O.C8H8ClN5.C5H6F2N2.C4H7F/c1-6-2-7(5-16)8-4-13-10-3-9(12)14-15(10)11(6)8;1-10-6-4-7(9)8(11-5-6)14-12-2-3-13-14;1-5(6,7)9-4-2-3-8-9;1-2-3-4-5/h3-7H,2H2,1H3;2-5,10H,1H3;2-4H,1H3;2-3H,4H2,1H3/b;;;3-2+/t6?,7-;;;/m0.../s1. The van der Waals surface area contributed by atoms with Gasteiger partial charge in [-0.25, -0.2) is 23.6 Å². The van der Waals surface area contributed by atoms with Crippen molar-refractivity contribution in [2.45, 2.75) is 45.1 Å². The molecule has 5 aromatic heterocycles. The first-order valence-corrected chi connectivity index (χ1v) is 13.7. The van der Waals surface area contributed by atoms with Gasteiger partial charge in [0.15, 0.2) is 11.5 Å². The molecule has 44 heavy (non-hydrogen) atoms. The third kappa shape index (κ3) is 8.69. The molecule has 11 nitrogen and oxygen atoms in total. The average Bonchev–Trinajstić information content (AvgIpc) is 3.81. The van der Waals surface area contributed by atoms with Crippen molar-refractivity contribution in [3.63, 3.8) is 0 Å². The molecular weight excluding hydrogens is 604 g/mol. The minimum Gasteiger partial charge on any atom is -0.387 e. The average molecular weight is 635 g/mol. The van der Waals surface area contributed by atoms with Gasteiger partial charge in [-0.15, -0.1) is 9.90 Å². The fourth-order valence-electron chi connectivity index (χ4n) is 4.09. The lowest BCUT2D eigenvalue weighted by Gasteiger charge is -2.08. The van der Waals surface area contributed by atoms with Gasteiger partial charge >= 0.3 is 6.05 Å². The van der Waals surface area contributed by atoms with Crippen LogP contribution in [0, 0.1) is 5.95 Å². The highest BCUT2D eigenvalue weighted by atomic mass is 35.5. The van der Waals surface area contributed by atoms with Crippen molar-refractivity contribution in [1.29, 1.82) is 0 Å². The number of allylic oxidation sites excluding steroid dienone is 2. The van der Waals surface area contributed by atoms with Crippen LogP contribution in [0.15, 0.2) is 67.5 Å². The summed E-state index contributed by atoms with van der Waals surface area (Å²) in [6, 6.07) is 1.65. The number of hydrogen-bond acceptors (Lipinski definition) is 8. The molecular formula is C28H31ClF4N10O. The van der Waals surface area contributed by atoms with E-state index in [0.717, 1.165) is 36.6 Å². The predicted octanol–water partition coefficient (Wildman–Crippen LogP) is 6.00. The van der Waals surface area contributed by atoms with Gasteiger partial charge in [0, 0.05) is 50.1 Å². The van der Waals surface area contributed by atoms with Gasteiger partial charge in [-0.05, 0) is 31.4 Å². The SMILES string of the molecule is C/C=C/CF.CC(F)(F)n1cccn1.CC1C[C@@H](C=O)c2cnc3cc(F)nn3c21.CNc1cnc(-n2nccn2)c(Cl)c1. The van der Waals surface area contributed by atoms with Gasteiger partial charge in [0.05, 0.1) is 35.0 Å². The second-order valence-electron chi connectivity index (χ2n) is 9.33. The highest BCUT2D eigenvalue weighted by Crippen LogP contribution is 2.39. The Labute approximate surface area is 255 Å². The van der Waals surface area contributed by atoms with Gasteiger partial charge in [-0.2, -0.15) is 28.5 Å². The van der Waals surface area contributed by atoms with Crippen molar-refractivity contribution in [2.24, 2.45) is 0 Å². The smallest absolute Gasteiger partial charge is 0.340 e. The zero-order chi connectivity index (χ0) is 32.3. The third-order valence-electron chi connectivity index (χ3n) is 6.11. The number of aldehydes is 1. The molecule has 1 N–H and O–H groups in total. The summed E-state index contributed by atoms with van der Waals surface area (Å²) in [6.45, 7) is 4.26. The van der Waals surface area contributed by atoms with Crippen molar-refractivity contribution in [3.05, 3.63) is 89.8 Å². The van der Waals surface area contributed by atoms with Crippen molar-refractivity contribution in [1.82, 2.24) is 44.4 Å². The Morgan fingerprint density at radius 1 is 1.14 bits per heavy atom. The minimum atomic E-state index is -2.87. The first-order chi connectivity index (χ1) is 21.0. The molecule has 0 amide bonds. The van der Waals surface area contributed by atoms with Crippen LogP contribution in [-0.4, -0.2) is 64.4 Å². The summed E-state index contributed by atoms with van der Waals surface area (Å²) >= 11 is 6.00. The van der Waals surface area contributed by atoms with Gasteiger partial charge in [-0.3, -0.25) is 0 Å². The summed E-state index contributed by atoms with van der Waals surface area (Å²) in [5, 5.41) is 18.5. The molecule has 0 saturated heterocycles. The van der Waals surface area contributed by atoms with E-state index < -0.39 is 12.0 Å². The van der Waals surface area contributed by atoms with Crippen LogP contribution in [0.5, 0.6) is 0 Å². The van der Waals surface area contributed by atoms with E-state index in [2.05, 4.69) is 35.7 Å². The number of nitrogens with one attached hydrogen (secondary N) is 1. The van der Waals surface area contributed by atoms with Crippen LogP contribution in [0.25, 0.3) is 11.5 Å². The Balaban J connectivity index is 0.000000173. The zero-order valence-corrected chi connectivity index (χ0v) is 25.1. The first kappa shape index (κ1) is 33.8. The minimum absolute atomic E-state index is 0.130. The first-order valence-electron chi connectivity index (χ1n) is 13.3. The number of carbonyl (C=O) groups excluding carboxylic acids is 1. The van der Waals surface area contributed by atoms with Crippen LogP contribution in [0.4, 0.5) is 23.2 Å². The predicted molar refractivity (Wildman–Crippen MR) is 157 cm³/mol. The molecule has 0 radical (unpaired) electrons. The van der Waals surface area contributed by atoms with Gasteiger partial charge in [0.1, 0.15) is 13.0 Å². The number of nitrogens with zero attached hydrogens (tertiary/aromatic N) is 9. The fourth-order valence-corrected chi connectivity index (χ4v) is 4.34. The molecule has 2 atom stereocenters. The van der Waals surface area contributed by atoms with Crippen molar-refractivity contribution in [3.8, 4) is 5.82 Å². The number of carbonyl (C=O) groups is 1. The number of hydrogen-bond donors (Lipinski definition) is 1. The summed E-state index contributed by atoms with van der Waals surface area (Å²) in [5.41, 5.74) is 3.13. The number of aromatic nitrogens is 9. The molecule has 0 bridgehead atoms. The molecule has 0 saturated carbocycles. The van der Waals surface area contributed by atoms with Crippen LogP contribution in [-0.2, 0) is 10.8 Å². The van der Waals surface area contributed by atoms with Gasteiger partial charge in [0.25, 0.3) is 0 Å². The Bertz CT molecular complexity index is 1640.